The molecule has 0 fully saturated rings. The number of aliphatic hydroxyl groups is 1. The lowest BCUT2D eigenvalue weighted by molar-refractivity contribution is -0.143. The fourth-order valence-electron chi connectivity index (χ4n) is 2.55. The van der Waals surface area contributed by atoms with Gasteiger partial charge < -0.3 is 20.1 Å². The van der Waals surface area contributed by atoms with Gasteiger partial charge >= 0.3 is 18.3 Å². The number of nitrogens with zero attached hydrogens (tertiary/aromatic N) is 1. The van der Waals surface area contributed by atoms with Crippen LogP contribution in [0, 0.1) is 0 Å². The van der Waals surface area contributed by atoms with Gasteiger partial charge in [0.05, 0.1) is 42.6 Å². The highest BCUT2D eigenvalue weighted by Gasteiger charge is 2.40. The zero-order valence-electron chi connectivity index (χ0n) is 14.2. The number of nitrogens with one attached hydrogen (secondary N) is 1. The molecule has 0 atom stereocenters. The number of aliphatic hydroxyl groups excluding tert-OH is 1. The Kier molecular flexibility index (Phi) is 5.92. The molecule has 0 aromatic heterocycles. The second-order valence-electron chi connectivity index (χ2n) is 5.68. The lowest BCUT2D eigenvalue weighted by Gasteiger charge is -2.18. The van der Waals surface area contributed by atoms with Crippen molar-refractivity contribution in [2.45, 2.75) is 12.4 Å². The van der Waals surface area contributed by atoms with Gasteiger partial charge in [-0.25, -0.2) is 4.79 Å². The Labute approximate surface area is 154 Å². The Hall–Kier alpha value is -2.76. The van der Waals surface area contributed by atoms with Gasteiger partial charge in [0.2, 0.25) is 0 Å². The van der Waals surface area contributed by atoms with Gasteiger partial charge in [0.1, 0.15) is 5.70 Å². The van der Waals surface area contributed by atoms with Gasteiger partial charge in [0.25, 0.3) is 5.91 Å². The smallest absolute Gasteiger partial charge is 0.418 e. The maximum atomic E-state index is 13.3. The number of hydrogen-bond donors (Lipinski definition) is 2. The molecule has 0 saturated heterocycles. The molecule has 0 aliphatic carbocycles. The third-order valence-corrected chi connectivity index (χ3v) is 3.87. The first-order chi connectivity index (χ1) is 12.9. The van der Waals surface area contributed by atoms with Gasteiger partial charge in [-0.3, -0.25) is 4.79 Å². The second kappa shape index (κ2) is 7.70. The zero-order chi connectivity index (χ0) is 21.3. The van der Waals surface area contributed by atoms with Crippen molar-refractivity contribution in [3.63, 3.8) is 0 Å². The molecule has 28 heavy (non-hydrogen) atoms. The summed E-state index contributed by atoms with van der Waals surface area (Å²) in [4.78, 5) is 25.2. The first-order valence-corrected chi connectivity index (χ1v) is 7.67. The van der Waals surface area contributed by atoms with E-state index in [2.05, 4.69) is 10.1 Å². The predicted octanol–water partition coefficient (Wildman–Crippen LogP) is 2.40. The van der Waals surface area contributed by atoms with E-state index in [1.807, 2.05) is 0 Å². The standard InChI is InChI=1S/C16H14F6N2O4/c1-28-14(27)9-7-24(4-5-25)13(26)12(9)23-11-3-2-8(15(17,18)19)6-10(11)16(20,21)22/h2-3,6,23,25H,4-5,7H2,1H3. The molecular weight excluding hydrogens is 398 g/mol. The van der Waals surface area contributed by atoms with Crippen molar-refractivity contribution < 1.29 is 45.8 Å². The van der Waals surface area contributed by atoms with Crippen LogP contribution in [0.5, 0.6) is 0 Å². The summed E-state index contributed by atoms with van der Waals surface area (Å²) in [6.07, 6.45) is -10.2. The van der Waals surface area contributed by atoms with Crippen molar-refractivity contribution in [1.82, 2.24) is 4.90 Å². The van der Waals surface area contributed by atoms with Gasteiger partial charge in [-0.2, -0.15) is 26.3 Å². The highest BCUT2D eigenvalue weighted by Crippen LogP contribution is 2.40. The molecule has 2 rings (SSSR count). The van der Waals surface area contributed by atoms with Crippen LogP contribution in [0.4, 0.5) is 32.0 Å². The Balaban J connectivity index is 2.52. The first kappa shape index (κ1) is 21.5. The maximum absolute atomic E-state index is 13.3. The quantitative estimate of drug-likeness (QED) is 0.574. The van der Waals surface area contributed by atoms with Gasteiger partial charge in [0, 0.05) is 6.54 Å². The molecule has 0 saturated carbocycles. The van der Waals surface area contributed by atoms with Crippen LogP contribution in [0.25, 0.3) is 0 Å². The minimum absolute atomic E-state index is 0.0916. The van der Waals surface area contributed by atoms with Crippen LogP contribution < -0.4 is 5.32 Å². The third kappa shape index (κ3) is 4.38. The van der Waals surface area contributed by atoms with Crippen LogP contribution >= 0.6 is 0 Å². The Morgan fingerprint density at radius 2 is 1.86 bits per heavy atom. The summed E-state index contributed by atoms with van der Waals surface area (Å²) in [6.45, 7) is -1.01. The monoisotopic (exact) mass is 412 g/mol. The van der Waals surface area contributed by atoms with Crippen LogP contribution in [-0.4, -0.2) is 48.7 Å². The summed E-state index contributed by atoms with van der Waals surface area (Å²) in [5.41, 5.74) is -4.89. The zero-order valence-corrected chi connectivity index (χ0v) is 14.2. The van der Waals surface area contributed by atoms with Gasteiger partial charge in [-0.15, -0.1) is 0 Å². The molecule has 1 amide bonds. The molecule has 0 bridgehead atoms. The number of anilines is 1. The number of benzene rings is 1. The van der Waals surface area contributed by atoms with Crippen molar-refractivity contribution >= 4 is 17.6 Å². The van der Waals surface area contributed by atoms with E-state index in [1.54, 1.807) is 0 Å². The fourth-order valence-corrected chi connectivity index (χ4v) is 2.55. The molecular formula is C16H14F6N2O4. The minimum atomic E-state index is -5.16. The van der Waals surface area contributed by atoms with Crippen molar-refractivity contribution in [3.8, 4) is 0 Å². The average molecular weight is 412 g/mol. The fraction of sp³-hybridized carbons (Fsp3) is 0.375. The molecule has 0 spiro atoms. The number of alkyl halides is 6. The highest BCUT2D eigenvalue weighted by atomic mass is 19.4. The molecule has 1 heterocycles. The number of β-amino-alcohol motifs (C(OH)–C–C–N with tert-alkyl or cyclic N) is 1. The molecule has 12 heteroatoms. The van der Waals surface area contributed by atoms with Gasteiger partial charge in [0.15, 0.2) is 0 Å². The van der Waals surface area contributed by atoms with Crippen LogP contribution in [0.2, 0.25) is 0 Å². The molecule has 0 unspecified atom stereocenters. The number of methoxy groups -OCH3 is 1. The van der Waals surface area contributed by atoms with E-state index >= 15 is 0 Å². The molecule has 154 valence electrons. The van der Waals surface area contributed by atoms with Crippen molar-refractivity contribution in [1.29, 1.82) is 0 Å². The van der Waals surface area contributed by atoms with Gasteiger partial charge in [-0.05, 0) is 18.2 Å². The third-order valence-electron chi connectivity index (χ3n) is 3.87. The second-order valence-corrected chi connectivity index (χ2v) is 5.68. The Bertz CT molecular complexity index is 816. The van der Waals surface area contributed by atoms with E-state index < -0.39 is 53.3 Å². The van der Waals surface area contributed by atoms with Gasteiger partial charge in [-0.1, -0.05) is 0 Å². The molecule has 0 radical (unpaired) electrons. The number of amides is 1. The highest BCUT2D eigenvalue weighted by molar-refractivity contribution is 6.08. The van der Waals surface area contributed by atoms with Crippen LogP contribution in [0.1, 0.15) is 11.1 Å². The number of carbonyl (C=O) groups is 2. The molecule has 2 N–H and O–H groups in total. The van der Waals surface area contributed by atoms with Crippen LogP contribution in [0.15, 0.2) is 29.5 Å². The first-order valence-electron chi connectivity index (χ1n) is 7.67. The Morgan fingerprint density at radius 3 is 2.36 bits per heavy atom. The van der Waals surface area contributed by atoms with E-state index in [-0.39, 0.29) is 24.7 Å². The Morgan fingerprint density at radius 1 is 1.21 bits per heavy atom. The number of halogens is 6. The molecule has 1 aliphatic heterocycles. The molecule has 6 nitrogen and oxygen atoms in total. The average Bonchev–Trinajstić information content (AvgIpc) is 2.89. The van der Waals surface area contributed by atoms with E-state index in [0.717, 1.165) is 12.0 Å². The molecule has 1 aromatic carbocycles. The van der Waals surface area contributed by atoms with Crippen LogP contribution in [-0.2, 0) is 26.7 Å². The molecule has 1 aromatic rings. The lowest BCUT2D eigenvalue weighted by Crippen LogP contribution is -2.31. The van der Waals surface area contributed by atoms with Crippen LogP contribution in [0.3, 0.4) is 0 Å². The van der Waals surface area contributed by atoms with E-state index in [9.17, 15) is 35.9 Å². The number of carbonyl (C=O) groups excluding carboxylic acids is 2. The SMILES string of the molecule is COC(=O)C1=C(Nc2ccc(C(F)(F)F)cc2C(F)(F)F)C(=O)N(CCO)C1. The number of hydrogen-bond acceptors (Lipinski definition) is 5. The summed E-state index contributed by atoms with van der Waals surface area (Å²) >= 11 is 0. The maximum Gasteiger partial charge on any atom is 0.418 e. The summed E-state index contributed by atoms with van der Waals surface area (Å²) in [5, 5.41) is 11.1. The summed E-state index contributed by atoms with van der Waals surface area (Å²) < 4.78 is 82.6. The van der Waals surface area contributed by atoms with E-state index in [0.29, 0.717) is 12.1 Å². The lowest BCUT2D eigenvalue weighted by atomic mass is 10.1. The van der Waals surface area contributed by atoms with Crippen molar-refractivity contribution in [3.05, 3.63) is 40.6 Å². The predicted molar refractivity (Wildman–Crippen MR) is 82.8 cm³/mol. The largest absolute Gasteiger partial charge is 0.466 e. The van der Waals surface area contributed by atoms with E-state index in [4.69, 9.17) is 5.11 Å². The molecule has 1 aliphatic rings. The number of rotatable bonds is 5. The minimum Gasteiger partial charge on any atom is -0.466 e. The van der Waals surface area contributed by atoms with Crippen molar-refractivity contribution in [2.24, 2.45) is 0 Å². The summed E-state index contributed by atoms with van der Waals surface area (Å²) in [7, 11) is 0.991. The summed E-state index contributed by atoms with van der Waals surface area (Å²) in [5.74, 6) is -1.90. The number of ether oxygens (including phenoxy) is 1. The number of esters is 1. The normalized spacial score (nSPS) is 15.3. The van der Waals surface area contributed by atoms with E-state index in [1.165, 1.54) is 0 Å². The van der Waals surface area contributed by atoms with Crippen molar-refractivity contribution in [2.75, 3.05) is 32.1 Å². The summed E-state index contributed by atoms with van der Waals surface area (Å²) in [6, 6.07) is 0.849. The topological polar surface area (TPSA) is 78.9 Å².